The van der Waals surface area contributed by atoms with Crippen LogP contribution in [0.25, 0.3) is 10.9 Å². The Kier molecular flexibility index (Phi) is 8.30. The SMILES string of the molecule is NC(=O)n1cc(CC(=O)N[C@@H](CC2CC2)C(=O)NCc2cccc(Cl)c2F)c2cc(OCCO)ccc21. The molecule has 1 atom stereocenters. The molecule has 0 bridgehead atoms. The standard InChI is InChI=1S/C26H28ClFN4O5/c27-20-3-1-2-16(24(20)28)13-30-25(35)21(10-15-4-5-15)31-23(34)11-17-14-32(26(29)36)22-7-6-18(12-19(17)22)37-9-8-33/h1-3,6-7,12,14-15,21,33H,4-5,8-11,13H2,(H2,29,36)(H,30,35)(H,31,34)/t21-/m0/s1. The van der Waals surface area contributed by atoms with Gasteiger partial charge in [-0.1, -0.05) is 36.6 Å². The van der Waals surface area contributed by atoms with Gasteiger partial charge in [-0.3, -0.25) is 14.2 Å². The molecule has 0 spiro atoms. The largest absolute Gasteiger partial charge is 0.491 e. The summed E-state index contributed by atoms with van der Waals surface area (Å²) in [5.74, 6) is -0.633. The molecule has 37 heavy (non-hydrogen) atoms. The number of aliphatic hydroxyl groups excluding tert-OH is 1. The van der Waals surface area contributed by atoms with Crippen molar-refractivity contribution in [3.63, 3.8) is 0 Å². The fourth-order valence-corrected chi connectivity index (χ4v) is 4.38. The molecular weight excluding hydrogens is 503 g/mol. The molecule has 4 rings (SSSR count). The number of primary amides is 1. The van der Waals surface area contributed by atoms with E-state index >= 15 is 0 Å². The molecule has 1 aliphatic carbocycles. The van der Waals surface area contributed by atoms with Crippen molar-refractivity contribution >= 4 is 40.3 Å². The summed E-state index contributed by atoms with van der Waals surface area (Å²) in [6, 6.07) is 8.00. The van der Waals surface area contributed by atoms with Gasteiger partial charge >= 0.3 is 6.03 Å². The Labute approximate surface area is 217 Å². The van der Waals surface area contributed by atoms with Crippen LogP contribution in [0.15, 0.2) is 42.6 Å². The number of carbonyl (C=O) groups is 3. The van der Waals surface area contributed by atoms with Crippen molar-refractivity contribution < 1.29 is 28.6 Å². The number of hydrogen-bond acceptors (Lipinski definition) is 5. The summed E-state index contributed by atoms with van der Waals surface area (Å²) >= 11 is 5.82. The zero-order chi connectivity index (χ0) is 26.5. The minimum atomic E-state index is -0.796. The Hall–Kier alpha value is -3.63. The molecule has 1 heterocycles. The van der Waals surface area contributed by atoms with Gasteiger partial charge in [0, 0.05) is 23.7 Å². The third-order valence-electron chi connectivity index (χ3n) is 6.21. The molecular formula is C26H28ClFN4O5. The zero-order valence-corrected chi connectivity index (χ0v) is 20.8. The molecule has 1 aliphatic rings. The van der Waals surface area contributed by atoms with Gasteiger partial charge in [-0.15, -0.1) is 0 Å². The van der Waals surface area contributed by atoms with Gasteiger partial charge in [-0.25, -0.2) is 9.18 Å². The highest BCUT2D eigenvalue weighted by Gasteiger charge is 2.30. The first-order valence-electron chi connectivity index (χ1n) is 11.9. The molecule has 196 valence electrons. The first kappa shape index (κ1) is 26.4. The second-order valence-electron chi connectivity index (χ2n) is 9.02. The van der Waals surface area contributed by atoms with Crippen LogP contribution in [-0.2, 0) is 22.6 Å². The monoisotopic (exact) mass is 530 g/mol. The van der Waals surface area contributed by atoms with Crippen LogP contribution in [0.5, 0.6) is 5.75 Å². The Bertz CT molecular complexity index is 1320. The van der Waals surface area contributed by atoms with Crippen molar-refractivity contribution in [2.24, 2.45) is 11.7 Å². The lowest BCUT2D eigenvalue weighted by Gasteiger charge is -2.18. The molecule has 1 fully saturated rings. The summed E-state index contributed by atoms with van der Waals surface area (Å²) in [6.07, 6.45) is 3.80. The number of aliphatic hydroxyl groups is 1. The molecule has 9 nitrogen and oxygen atoms in total. The number of amides is 3. The highest BCUT2D eigenvalue weighted by Crippen LogP contribution is 2.34. The molecule has 0 radical (unpaired) electrons. The van der Waals surface area contributed by atoms with Crippen molar-refractivity contribution in [3.8, 4) is 5.75 Å². The lowest BCUT2D eigenvalue weighted by atomic mass is 10.1. The molecule has 3 aromatic rings. The van der Waals surface area contributed by atoms with Gasteiger partial charge in [0.15, 0.2) is 0 Å². The molecule has 1 saturated carbocycles. The first-order chi connectivity index (χ1) is 17.8. The summed E-state index contributed by atoms with van der Waals surface area (Å²) in [5, 5.41) is 15.1. The maximum atomic E-state index is 14.2. The molecule has 11 heteroatoms. The Morgan fingerprint density at radius 2 is 2.00 bits per heavy atom. The van der Waals surface area contributed by atoms with Crippen molar-refractivity contribution in [3.05, 3.63) is 64.6 Å². The summed E-state index contributed by atoms with van der Waals surface area (Å²) in [5.41, 5.74) is 6.77. The van der Waals surface area contributed by atoms with E-state index in [9.17, 15) is 18.8 Å². The van der Waals surface area contributed by atoms with Crippen molar-refractivity contribution in [2.45, 2.75) is 38.3 Å². The van der Waals surface area contributed by atoms with Gasteiger partial charge in [-0.05, 0) is 42.2 Å². The maximum Gasteiger partial charge on any atom is 0.323 e. The molecule has 2 aromatic carbocycles. The van der Waals surface area contributed by atoms with Crippen LogP contribution in [-0.4, -0.2) is 46.8 Å². The van der Waals surface area contributed by atoms with Gasteiger partial charge in [0.25, 0.3) is 0 Å². The molecule has 0 aliphatic heterocycles. The molecule has 3 amide bonds. The predicted molar refractivity (Wildman–Crippen MR) is 136 cm³/mol. The minimum Gasteiger partial charge on any atom is -0.491 e. The fraction of sp³-hybridized carbons (Fsp3) is 0.346. The van der Waals surface area contributed by atoms with Gasteiger partial charge < -0.3 is 26.2 Å². The smallest absolute Gasteiger partial charge is 0.323 e. The normalized spacial score (nSPS) is 13.8. The number of rotatable bonds is 11. The number of nitrogens with one attached hydrogen (secondary N) is 2. The van der Waals surface area contributed by atoms with E-state index < -0.39 is 29.7 Å². The van der Waals surface area contributed by atoms with Crippen LogP contribution in [0.2, 0.25) is 5.02 Å². The van der Waals surface area contributed by atoms with Gasteiger partial charge in [-0.2, -0.15) is 0 Å². The number of ether oxygens (including phenoxy) is 1. The topological polar surface area (TPSA) is 136 Å². The summed E-state index contributed by atoms with van der Waals surface area (Å²) < 4.78 is 20.9. The maximum absolute atomic E-state index is 14.2. The van der Waals surface area contributed by atoms with Crippen LogP contribution in [0, 0.1) is 11.7 Å². The van der Waals surface area contributed by atoms with Gasteiger partial charge in [0.1, 0.15) is 24.2 Å². The summed E-state index contributed by atoms with van der Waals surface area (Å²) in [6.45, 7) is -0.135. The number of carbonyl (C=O) groups excluding carboxylic acids is 3. The number of hydrogen-bond donors (Lipinski definition) is 4. The van der Waals surface area contributed by atoms with E-state index in [2.05, 4.69) is 10.6 Å². The highest BCUT2D eigenvalue weighted by molar-refractivity contribution is 6.30. The lowest BCUT2D eigenvalue weighted by molar-refractivity contribution is -0.129. The Morgan fingerprint density at radius 1 is 1.22 bits per heavy atom. The van der Waals surface area contributed by atoms with Crippen LogP contribution < -0.4 is 21.1 Å². The first-order valence-corrected chi connectivity index (χ1v) is 12.3. The van der Waals surface area contributed by atoms with E-state index in [1.807, 2.05) is 0 Å². The Balaban J connectivity index is 1.48. The molecule has 0 unspecified atom stereocenters. The van der Waals surface area contributed by atoms with Gasteiger partial charge in [0.2, 0.25) is 11.8 Å². The third kappa shape index (κ3) is 6.58. The van der Waals surface area contributed by atoms with Crippen LogP contribution in [0.3, 0.4) is 0 Å². The number of halogens is 2. The zero-order valence-electron chi connectivity index (χ0n) is 20.0. The molecule has 5 N–H and O–H groups in total. The van der Waals surface area contributed by atoms with Crippen molar-refractivity contribution in [1.82, 2.24) is 15.2 Å². The van der Waals surface area contributed by atoms with E-state index in [4.69, 9.17) is 27.2 Å². The van der Waals surface area contributed by atoms with Crippen LogP contribution >= 0.6 is 11.6 Å². The number of nitrogens with zero attached hydrogens (tertiary/aromatic N) is 1. The van der Waals surface area contributed by atoms with E-state index in [1.54, 1.807) is 24.3 Å². The third-order valence-corrected chi connectivity index (χ3v) is 6.50. The lowest BCUT2D eigenvalue weighted by Crippen LogP contribution is -2.47. The minimum absolute atomic E-state index is 0.0328. The predicted octanol–water partition coefficient (Wildman–Crippen LogP) is 2.88. The van der Waals surface area contributed by atoms with E-state index in [-0.39, 0.29) is 36.8 Å². The second kappa shape index (κ2) is 11.6. The van der Waals surface area contributed by atoms with Gasteiger partial charge in [0.05, 0.1) is 23.6 Å². The number of nitrogens with two attached hydrogens (primary N) is 1. The number of aromatic nitrogens is 1. The fourth-order valence-electron chi connectivity index (χ4n) is 4.18. The average molecular weight is 531 g/mol. The quantitative estimate of drug-likeness (QED) is 0.302. The van der Waals surface area contributed by atoms with E-state index in [0.717, 1.165) is 12.8 Å². The number of benzene rings is 2. The average Bonchev–Trinajstić information content (AvgIpc) is 3.62. The van der Waals surface area contributed by atoms with Crippen molar-refractivity contribution in [1.29, 1.82) is 0 Å². The van der Waals surface area contributed by atoms with E-state index in [0.29, 0.717) is 34.6 Å². The summed E-state index contributed by atoms with van der Waals surface area (Å²) in [4.78, 5) is 37.9. The van der Waals surface area contributed by atoms with Crippen LogP contribution in [0.4, 0.5) is 9.18 Å². The Morgan fingerprint density at radius 3 is 2.70 bits per heavy atom. The molecule has 0 saturated heterocycles. The van der Waals surface area contributed by atoms with E-state index in [1.165, 1.54) is 22.9 Å². The molecule has 1 aromatic heterocycles. The van der Waals surface area contributed by atoms with Crippen LogP contribution in [0.1, 0.15) is 30.4 Å². The van der Waals surface area contributed by atoms with Crippen molar-refractivity contribution in [2.75, 3.05) is 13.2 Å². The summed E-state index contributed by atoms with van der Waals surface area (Å²) in [7, 11) is 0. The highest BCUT2D eigenvalue weighted by atomic mass is 35.5. The second-order valence-corrected chi connectivity index (χ2v) is 9.43. The number of fused-ring (bicyclic) bond motifs is 1.